The molecule has 2 fully saturated rings. The molecular weight excluding hydrogens is 480 g/mol. The number of aliphatic hydroxyl groups is 1. The molecule has 1 saturated heterocycles. The van der Waals surface area contributed by atoms with Crippen LogP contribution in [-0.2, 0) is 14.3 Å². The summed E-state index contributed by atoms with van der Waals surface area (Å²) in [6.45, 7) is 3.71. The van der Waals surface area contributed by atoms with Crippen LogP contribution in [0.15, 0.2) is 54.6 Å². The van der Waals surface area contributed by atoms with Gasteiger partial charge in [-0.3, -0.25) is 14.4 Å². The molecule has 0 spiro atoms. The summed E-state index contributed by atoms with van der Waals surface area (Å²) in [5.74, 6) is -0.504. The molecular formula is C31H40N2O5. The van der Waals surface area contributed by atoms with Crippen molar-refractivity contribution in [3.8, 4) is 11.1 Å². The lowest BCUT2D eigenvalue weighted by Gasteiger charge is -2.29. The second kappa shape index (κ2) is 12.7. The van der Waals surface area contributed by atoms with Gasteiger partial charge in [0, 0.05) is 5.56 Å². The Kier molecular flexibility index (Phi) is 9.34. The highest BCUT2D eigenvalue weighted by Crippen LogP contribution is 2.31. The Labute approximate surface area is 225 Å². The van der Waals surface area contributed by atoms with Crippen molar-refractivity contribution in [2.75, 3.05) is 13.2 Å². The first-order valence-corrected chi connectivity index (χ1v) is 13.9. The molecule has 7 heteroatoms. The summed E-state index contributed by atoms with van der Waals surface area (Å²) in [6, 6.07) is 15.7. The SMILES string of the molecule is CC(C)CC(NC(=O)[C@H](CC1CCCCC1)NC(=O)c1cccc(-c2ccccc2)c1)C(=O)C1(CO)CO1. The molecule has 0 bridgehead atoms. The van der Waals surface area contributed by atoms with Crippen molar-refractivity contribution in [2.45, 2.75) is 76.5 Å². The monoisotopic (exact) mass is 520 g/mol. The van der Waals surface area contributed by atoms with Gasteiger partial charge in [0.1, 0.15) is 6.04 Å². The van der Waals surface area contributed by atoms with E-state index in [1.807, 2.05) is 62.4 Å². The normalized spacial score (nSPS) is 20.9. The predicted octanol–water partition coefficient (Wildman–Crippen LogP) is 4.28. The predicted molar refractivity (Wildman–Crippen MR) is 146 cm³/mol. The molecule has 0 aromatic heterocycles. The maximum Gasteiger partial charge on any atom is 0.251 e. The summed E-state index contributed by atoms with van der Waals surface area (Å²) in [4.78, 5) is 40.2. The van der Waals surface area contributed by atoms with Gasteiger partial charge in [0.2, 0.25) is 5.91 Å². The van der Waals surface area contributed by atoms with E-state index in [-0.39, 0.29) is 30.1 Å². The number of epoxide rings is 1. The first kappa shape index (κ1) is 28.0. The third-order valence-corrected chi connectivity index (χ3v) is 7.68. The van der Waals surface area contributed by atoms with Crippen molar-refractivity contribution >= 4 is 17.6 Å². The van der Waals surface area contributed by atoms with Gasteiger partial charge in [-0.15, -0.1) is 0 Å². The van der Waals surface area contributed by atoms with Crippen molar-refractivity contribution in [2.24, 2.45) is 11.8 Å². The minimum atomic E-state index is -1.22. The number of aliphatic hydroxyl groups excluding tert-OH is 1. The Morgan fingerprint density at radius 2 is 1.63 bits per heavy atom. The van der Waals surface area contributed by atoms with Crippen molar-refractivity contribution in [3.63, 3.8) is 0 Å². The van der Waals surface area contributed by atoms with Gasteiger partial charge in [0.25, 0.3) is 5.91 Å². The molecule has 2 aromatic rings. The van der Waals surface area contributed by atoms with E-state index in [0.717, 1.165) is 36.8 Å². The standard InChI is InChI=1S/C31H40N2O5/c1-21(2)16-26(28(35)31(19-34)20-38-31)32-30(37)27(17-22-10-5-3-6-11-22)33-29(36)25-15-9-14-24(18-25)23-12-7-4-8-13-23/h4,7-9,12-15,18,21-22,26-27,34H,3,5-6,10-11,16-17,19-20H2,1-2H3,(H,32,37)(H,33,36)/t26?,27-,31?/m0/s1. The Hall–Kier alpha value is -3.03. The number of hydrogen-bond donors (Lipinski definition) is 3. The molecule has 1 heterocycles. The summed E-state index contributed by atoms with van der Waals surface area (Å²) >= 11 is 0. The lowest BCUT2D eigenvalue weighted by Crippen LogP contribution is -2.55. The van der Waals surface area contributed by atoms with E-state index in [4.69, 9.17) is 4.74 Å². The van der Waals surface area contributed by atoms with Crippen molar-refractivity contribution in [1.82, 2.24) is 10.6 Å². The Morgan fingerprint density at radius 3 is 2.26 bits per heavy atom. The van der Waals surface area contributed by atoms with Crippen LogP contribution < -0.4 is 10.6 Å². The maximum atomic E-state index is 13.6. The summed E-state index contributed by atoms with van der Waals surface area (Å²) in [7, 11) is 0. The molecule has 2 unspecified atom stereocenters. The maximum absolute atomic E-state index is 13.6. The minimum absolute atomic E-state index is 0.144. The quantitative estimate of drug-likeness (QED) is 0.362. The molecule has 2 amide bonds. The van der Waals surface area contributed by atoms with Crippen LogP contribution in [0.1, 0.15) is 69.2 Å². The Balaban J connectivity index is 1.52. The van der Waals surface area contributed by atoms with Crippen molar-refractivity contribution in [3.05, 3.63) is 60.2 Å². The molecule has 3 atom stereocenters. The fourth-order valence-electron chi connectivity index (χ4n) is 5.39. The molecule has 7 nitrogen and oxygen atoms in total. The lowest BCUT2D eigenvalue weighted by molar-refractivity contribution is -0.133. The van der Waals surface area contributed by atoms with Crippen LogP contribution in [0.25, 0.3) is 11.1 Å². The zero-order chi connectivity index (χ0) is 27.1. The van der Waals surface area contributed by atoms with Crippen molar-refractivity contribution < 1.29 is 24.2 Å². The second-order valence-corrected chi connectivity index (χ2v) is 11.2. The van der Waals surface area contributed by atoms with E-state index in [0.29, 0.717) is 24.3 Å². The van der Waals surface area contributed by atoms with Crippen LogP contribution in [0.5, 0.6) is 0 Å². The lowest BCUT2D eigenvalue weighted by atomic mass is 9.84. The van der Waals surface area contributed by atoms with Crippen LogP contribution in [0, 0.1) is 11.8 Å². The zero-order valence-electron chi connectivity index (χ0n) is 22.4. The van der Waals surface area contributed by atoms with Crippen LogP contribution in [0.2, 0.25) is 0 Å². The van der Waals surface area contributed by atoms with Gasteiger partial charge in [-0.05, 0) is 47.9 Å². The first-order valence-electron chi connectivity index (χ1n) is 13.9. The van der Waals surface area contributed by atoms with Gasteiger partial charge >= 0.3 is 0 Å². The number of carbonyl (C=O) groups is 3. The minimum Gasteiger partial charge on any atom is -0.393 e. The van der Waals surface area contributed by atoms with Crippen molar-refractivity contribution in [1.29, 1.82) is 0 Å². The third kappa shape index (κ3) is 7.08. The van der Waals surface area contributed by atoms with Gasteiger partial charge in [-0.2, -0.15) is 0 Å². The van der Waals surface area contributed by atoms with Gasteiger partial charge in [0.15, 0.2) is 11.4 Å². The molecule has 0 radical (unpaired) electrons. The topological polar surface area (TPSA) is 108 Å². The van der Waals surface area contributed by atoms with E-state index < -0.39 is 24.3 Å². The highest BCUT2D eigenvalue weighted by molar-refractivity contribution is 6.00. The molecule has 4 rings (SSSR count). The number of Topliss-reactive ketones (excluding diaryl/α,β-unsaturated/α-hetero) is 1. The number of ether oxygens (including phenoxy) is 1. The van der Waals surface area contributed by atoms with Gasteiger partial charge in [-0.25, -0.2) is 0 Å². The highest BCUT2D eigenvalue weighted by Gasteiger charge is 2.54. The molecule has 2 aliphatic rings. The molecule has 1 aliphatic heterocycles. The Morgan fingerprint density at radius 1 is 0.947 bits per heavy atom. The number of amides is 2. The first-order chi connectivity index (χ1) is 18.3. The van der Waals surface area contributed by atoms with Crippen LogP contribution in [-0.4, -0.2) is 53.6 Å². The largest absolute Gasteiger partial charge is 0.393 e. The van der Waals surface area contributed by atoms with Gasteiger partial charge in [-0.1, -0.05) is 88.4 Å². The highest BCUT2D eigenvalue weighted by atomic mass is 16.6. The van der Waals surface area contributed by atoms with E-state index >= 15 is 0 Å². The van der Waals surface area contributed by atoms with E-state index in [1.165, 1.54) is 6.42 Å². The average molecular weight is 521 g/mol. The average Bonchev–Trinajstić information content (AvgIpc) is 3.74. The smallest absolute Gasteiger partial charge is 0.251 e. The molecule has 38 heavy (non-hydrogen) atoms. The number of ketones is 1. The summed E-state index contributed by atoms with van der Waals surface area (Å²) < 4.78 is 5.28. The second-order valence-electron chi connectivity index (χ2n) is 11.2. The number of nitrogens with one attached hydrogen (secondary N) is 2. The number of hydrogen-bond acceptors (Lipinski definition) is 5. The third-order valence-electron chi connectivity index (χ3n) is 7.68. The summed E-state index contributed by atoms with van der Waals surface area (Å²) in [6.07, 6.45) is 6.45. The van der Waals surface area contributed by atoms with Crippen LogP contribution >= 0.6 is 0 Å². The number of benzene rings is 2. The zero-order valence-corrected chi connectivity index (χ0v) is 22.4. The van der Waals surface area contributed by atoms with Crippen LogP contribution in [0.3, 0.4) is 0 Å². The van der Waals surface area contributed by atoms with Gasteiger partial charge < -0.3 is 20.5 Å². The fourth-order valence-corrected chi connectivity index (χ4v) is 5.39. The fraction of sp³-hybridized carbons (Fsp3) is 0.516. The summed E-state index contributed by atoms with van der Waals surface area (Å²) in [5, 5.41) is 15.6. The van der Waals surface area contributed by atoms with E-state index in [1.54, 1.807) is 6.07 Å². The van der Waals surface area contributed by atoms with E-state index in [2.05, 4.69) is 10.6 Å². The van der Waals surface area contributed by atoms with E-state index in [9.17, 15) is 19.5 Å². The Bertz CT molecular complexity index is 1110. The summed E-state index contributed by atoms with van der Waals surface area (Å²) in [5.41, 5.74) is 1.20. The van der Waals surface area contributed by atoms with Crippen LogP contribution in [0.4, 0.5) is 0 Å². The van der Waals surface area contributed by atoms with Gasteiger partial charge in [0.05, 0.1) is 19.3 Å². The number of carbonyl (C=O) groups excluding carboxylic acids is 3. The number of rotatable bonds is 12. The molecule has 1 saturated carbocycles. The molecule has 1 aliphatic carbocycles. The molecule has 204 valence electrons. The molecule has 3 N–H and O–H groups in total. The molecule has 2 aromatic carbocycles.